The Morgan fingerprint density at radius 1 is 1.17 bits per heavy atom. The number of carbonyl (C=O) groups excluding carboxylic acids is 4. The van der Waals surface area contributed by atoms with Crippen LogP contribution in [-0.4, -0.2) is 35.1 Å². The second-order valence-corrected chi connectivity index (χ2v) is 8.75. The maximum absolute atomic E-state index is 12.7. The summed E-state index contributed by atoms with van der Waals surface area (Å²) in [6.07, 6.45) is -0.569. The van der Waals surface area contributed by atoms with Crippen LogP contribution < -0.4 is 16.0 Å². The first kappa shape index (κ1) is 20.6. The zero-order valence-corrected chi connectivity index (χ0v) is 17.1. The van der Waals surface area contributed by atoms with Crippen LogP contribution >= 0.6 is 0 Å². The highest BCUT2D eigenvalue weighted by atomic mass is 16.6. The predicted molar refractivity (Wildman–Crippen MR) is 103 cm³/mol. The number of amides is 4. The van der Waals surface area contributed by atoms with E-state index in [1.54, 1.807) is 52.8 Å². The highest BCUT2D eigenvalue weighted by Crippen LogP contribution is 2.43. The molecule has 1 atom stereocenters. The molecule has 1 saturated heterocycles. The molecule has 1 aliphatic heterocycles. The minimum absolute atomic E-state index is 0.350. The summed E-state index contributed by atoms with van der Waals surface area (Å²) in [5.74, 6) is -0.901. The summed E-state index contributed by atoms with van der Waals surface area (Å²) >= 11 is 0. The van der Waals surface area contributed by atoms with Crippen LogP contribution in [0.1, 0.15) is 52.2 Å². The smallest absolute Gasteiger partial charge is 0.415 e. The third-order valence-corrected chi connectivity index (χ3v) is 4.77. The second-order valence-electron chi connectivity index (χ2n) is 8.75. The van der Waals surface area contributed by atoms with Crippen molar-refractivity contribution in [2.24, 2.45) is 0 Å². The van der Waals surface area contributed by atoms with Crippen molar-refractivity contribution in [3.05, 3.63) is 29.3 Å². The number of anilines is 1. The van der Waals surface area contributed by atoms with Gasteiger partial charge in [-0.1, -0.05) is 6.07 Å². The Balaban J connectivity index is 1.72. The number of ether oxygens (including phenoxy) is 2. The second kappa shape index (κ2) is 6.75. The van der Waals surface area contributed by atoms with Crippen LogP contribution in [-0.2, 0) is 31.1 Å². The molecule has 4 amide bonds. The third-order valence-electron chi connectivity index (χ3n) is 4.77. The normalized spacial score (nSPS) is 20.7. The molecule has 3 rings (SSSR count). The number of hydrogen-bond acceptors (Lipinski definition) is 6. The lowest BCUT2D eigenvalue weighted by atomic mass is 9.95. The molecule has 0 aromatic heterocycles. The van der Waals surface area contributed by atoms with E-state index in [4.69, 9.17) is 9.47 Å². The Morgan fingerprint density at radius 3 is 2.45 bits per heavy atom. The molecule has 0 saturated carbocycles. The largest absolute Gasteiger partial charge is 0.444 e. The van der Waals surface area contributed by atoms with Gasteiger partial charge in [0.25, 0.3) is 5.91 Å². The Morgan fingerprint density at radius 2 is 1.86 bits per heavy atom. The van der Waals surface area contributed by atoms with E-state index < -0.39 is 40.7 Å². The van der Waals surface area contributed by atoms with Crippen molar-refractivity contribution in [2.45, 2.75) is 64.2 Å². The fourth-order valence-electron chi connectivity index (χ4n) is 3.39. The van der Waals surface area contributed by atoms with Crippen molar-refractivity contribution in [1.29, 1.82) is 0 Å². The molecule has 1 fully saturated rings. The first-order chi connectivity index (χ1) is 13.3. The molecule has 29 heavy (non-hydrogen) atoms. The third kappa shape index (κ3) is 4.03. The maximum Gasteiger partial charge on any atom is 0.415 e. The average molecular weight is 403 g/mol. The number of rotatable bonds is 3. The van der Waals surface area contributed by atoms with E-state index >= 15 is 0 Å². The molecule has 156 valence electrons. The lowest BCUT2D eigenvalue weighted by Crippen LogP contribution is -2.53. The molecule has 1 aromatic rings. The standard InChI is InChI=1S/C20H25N3O6/c1-18(2,3)28-17(27)23-19(4,5)14(24)21-12-6-7-13-11(10-12)8-9-20(13)15(25)22-16(26)29-20/h6-7,10H,8-9H2,1-5H3,(H,21,24)(H,23,27)(H,22,25,26). The Labute approximate surface area is 168 Å². The number of imide groups is 1. The lowest BCUT2D eigenvalue weighted by Gasteiger charge is -2.27. The molecule has 0 bridgehead atoms. The molecule has 0 radical (unpaired) electrons. The van der Waals surface area contributed by atoms with Gasteiger partial charge in [-0.2, -0.15) is 0 Å². The van der Waals surface area contributed by atoms with Crippen LogP contribution in [0.25, 0.3) is 0 Å². The quantitative estimate of drug-likeness (QED) is 0.712. The molecule has 1 spiro atoms. The van der Waals surface area contributed by atoms with Gasteiger partial charge in [0.2, 0.25) is 11.5 Å². The summed E-state index contributed by atoms with van der Waals surface area (Å²) in [4.78, 5) is 48.3. The first-order valence-corrected chi connectivity index (χ1v) is 9.33. The van der Waals surface area contributed by atoms with Crippen LogP contribution in [0.4, 0.5) is 15.3 Å². The number of carbonyl (C=O) groups is 4. The fraction of sp³-hybridized carbons (Fsp3) is 0.500. The van der Waals surface area contributed by atoms with Gasteiger partial charge in [-0.3, -0.25) is 14.9 Å². The van der Waals surface area contributed by atoms with Gasteiger partial charge in [0, 0.05) is 17.7 Å². The molecular formula is C20H25N3O6. The molecule has 1 unspecified atom stereocenters. The Bertz CT molecular complexity index is 902. The van der Waals surface area contributed by atoms with E-state index in [0.717, 1.165) is 5.56 Å². The van der Waals surface area contributed by atoms with Gasteiger partial charge < -0.3 is 20.1 Å². The molecule has 1 heterocycles. The van der Waals surface area contributed by atoms with Crippen molar-refractivity contribution in [2.75, 3.05) is 5.32 Å². The van der Waals surface area contributed by atoms with Gasteiger partial charge in [-0.15, -0.1) is 0 Å². The van der Waals surface area contributed by atoms with Gasteiger partial charge in [0.15, 0.2) is 0 Å². The SMILES string of the molecule is CC(C)(C)OC(=O)NC(C)(C)C(=O)Nc1ccc2c(c1)CCC21OC(=O)NC1=O. The van der Waals surface area contributed by atoms with Gasteiger partial charge in [-0.05, 0) is 58.7 Å². The average Bonchev–Trinajstić information content (AvgIpc) is 3.05. The number of nitrogens with one attached hydrogen (secondary N) is 3. The maximum atomic E-state index is 12.7. The summed E-state index contributed by atoms with van der Waals surface area (Å²) in [5, 5.41) is 7.48. The minimum atomic E-state index is -1.29. The summed E-state index contributed by atoms with van der Waals surface area (Å²) < 4.78 is 10.5. The molecule has 9 nitrogen and oxygen atoms in total. The highest BCUT2D eigenvalue weighted by Gasteiger charge is 2.54. The predicted octanol–water partition coefficient (Wildman–Crippen LogP) is 2.34. The van der Waals surface area contributed by atoms with Crippen LogP contribution in [0.5, 0.6) is 0 Å². The number of fused-ring (bicyclic) bond motifs is 2. The fourth-order valence-corrected chi connectivity index (χ4v) is 3.39. The van der Waals surface area contributed by atoms with Crippen molar-refractivity contribution >= 4 is 29.7 Å². The topological polar surface area (TPSA) is 123 Å². The van der Waals surface area contributed by atoms with E-state index in [2.05, 4.69) is 16.0 Å². The molecule has 2 aliphatic rings. The molecule has 1 aromatic carbocycles. The zero-order valence-electron chi connectivity index (χ0n) is 17.1. The molecule has 9 heteroatoms. The number of hydrogen-bond donors (Lipinski definition) is 3. The number of benzene rings is 1. The summed E-state index contributed by atoms with van der Waals surface area (Å²) in [7, 11) is 0. The van der Waals surface area contributed by atoms with Crippen molar-refractivity contribution in [1.82, 2.24) is 10.6 Å². The summed E-state index contributed by atoms with van der Waals surface area (Å²) in [6, 6.07) is 5.04. The molecular weight excluding hydrogens is 378 g/mol. The van der Waals surface area contributed by atoms with E-state index in [-0.39, 0.29) is 0 Å². The minimum Gasteiger partial charge on any atom is -0.444 e. The lowest BCUT2D eigenvalue weighted by molar-refractivity contribution is -0.132. The molecule has 1 aliphatic carbocycles. The number of aryl methyl sites for hydroxylation is 1. The van der Waals surface area contributed by atoms with Gasteiger partial charge in [0.1, 0.15) is 11.1 Å². The number of alkyl carbamates (subject to hydrolysis) is 2. The Kier molecular flexibility index (Phi) is 4.80. The van der Waals surface area contributed by atoms with E-state index in [0.29, 0.717) is 24.1 Å². The highest BCUT2D eigenvalue weighted by molar-refractivity contribution is 6.04. The zero-order chi connectivity index (χ0) is 21.6. The van der Waals surface area contributed by atoms with Gasteiger partial charge >= 0.3 is 12.2 Å². The molecule has 3 N–H and O–H groups in total. The summed E-state index contributed by atoms with van der Waals surface area (Å²) in [5.41, 5.74) is -1.25. The summed E-state index contributed by atoms with van der Waals surface area (Å²) in [6.45, 7) is 8.34. The van der Waals surface area contributed by atoms with E-state index in [1.807, 2.05) is 0 Å². The van der Waals surface area contributed by atoms with Gasteiger partial charge in [0.05, 0.1) is 0 Å². The van der Waals surface area contributed by atoms with E-state index in [9.17, 15) is 19.2 Å². The monoisotopic (exact) mass is 403 g/mol. The van der Waals surface area contributed by atoms with E-state index in [1.165, 1.54) is 0 Å². The van der Waals surface area contributed by atoms with Crippen LogP contribution in [0.15, 0.2) is 18.2 Å². The van der Waals surface area contributed by atoms with Crippen LogP contribution in [0, 0.1) is 0 Å². The van der Waals surface area contributed by atoms with Crippen molar-refractivity contribution in [3.8, 4) is 0 Å². The van der Waals surface area contributed by atoms with Crippen LogP contribution in [0.2, 0.25) is 0 Å². The van der Waals surface area contributed by atoms with Crippen LogP contribution in [0.3, 0.4) is 0 Å². The first-order valence-electron chi connectivity index (χ1n) is 9.33. The van der Waals surface area contributed by atoms with Crippen molar-refractivity contribution < 1.29 is 28.7 Å². The Hall–Kier alpha value is -3.10. The van der Waals surface area contributed by atoms with Gasteiger partial charge in [-0.25, -0.2) is 9.59 Å². The van der Waals surface area contributed by atoms with Crippen molar-refractivity contribution in [3.63, 3.8) is 0 Å².